The van der Waals surface area contributed by atoms with Gasteiger partial charge in [-0.2, -0.15) is 0 Å². The molecule has 2 aromatic heterocycles. The zero-order valence-corrected chi connectivity index (χ0v) is 38.9. The smallest absolute Gasteiger partial charge is 0.309 e. The summed E-state index contributed by atoms with van der Waals surface area (Å²) in [5.41, 5.74) is 4.40. The summed E-state index contributed by atoms with van der Waals surface area (Å²) in [7, 11) is 2.71. The first-order valence-corrected chi connectivity index (χ1v) is 22.6. The van der Waals surface area contributed by atoms with E-state index in [1.807, 2.05) is 99.6 Å². The quantitative estimate of drug-likeness (QED) is 0.0786. The fraction of sp³-hybridized carbons (Fsp3) is 0.212. The number of carbonyl (C=O) groups is 3. The molecule has 344 valence electrons. The molecule has 7 rings (SSSR count). The van der Waals surface area contributed by atoms with Gasteiger partial charge in [-0.1, -0.05) is 83.3 Å². The van der Waals surface area contributed by atoms with Crippen LogP contribution in [0.2, 0.25) is 0 Å². The molecule has 0 atom stereocenters. The minimum absolute atomic E-state index is 0.0724. The minimum Gasteiger partial charge on any atom is -0.508 e. The van der Waals surface area contributed by atoms with Gasteiger partial charge in [0.05, 0.1) is 53.3 Å². The molecule has 0 fully saturated rings. The molecule has 0 radical (unpaired) electrons. The summed E-state index contributed by atoms with van der Waals surface area (Å²) in [5.74, 6) is 1.59. The molecule has 0 bridgehead atoms. The first kappa shape index (κ1) is 49.7. The summed E-state index contributed by atoms with van der Waals surface area (Å²) < 4.78 is 37.6. The average molecular weight is 933 g/mol. The molecular weight excluding hydrogens is 881 g/mol. The Bertz CT molecular complexity index is 2620. The number of hydrogen-bond donors (Lipinski definition) is 2. The van der Waals surface area contributed by atoms with E-state index < -0.39 is 5.97 Å². The zero-order valence-electron chi connectivity index (χ0n) is 37.3. The highest BCUT2D eigenvalue weighted by Gasteiger charge is 2.12. The van der Waals surface area contributed by atoms with Crippen LogP contribution in [0.15, 0.2) is 140 Å². The molecule has 0 saturated heterocycles. The van der Waals surface area contributed by atoms with E-state index in [2.05, 4.69) is 29.0 Å². The number of aromatic hydroxyl groups is 1. The molecule has 0 aliphatic carbocycles. The van der Waals surface area contributed by atoms with Gasteiger partial charge in [-0.15, -0.1) is 0 Å². The second-order valence-electron chi connectivity index (χ2n) is 14.0. The molecule has 66 heavy (non-hydrogen) atoms. The number of methoxy groups -OCH3 is 2. The second-order valence-corrected chi connectivity index (χ2v) is 16.1. The molecule has 5 aromatic carbocycles. The van der Waals surface area contributed by atoms with Crippen LogP contribution in [0.3, 0.4) is 0 Å². The van der Waals surface area contributed by atoms with Crippen LogP contribution in [0.5, 0.6) is 44.6 Å². The Morgan fingerprint density at radius 3 is 1.24 bits per heavy atom. The second kappa shape index (κ2) is 25.9. The van der Waals surface area contributed by atoms with Crippen LogP contribution in [-0.4, -0.2) is 62.2 Å². The van der Waals surface area contributed by atoms with Crippen molar-refractivity contribution >= 4 is 40.6 Å². The van der Waals surface area contributed by atoms with E-state index in [1.54, 1.807) is 46.9 Å². The van der Waals surface area contributed by atoms with Gasteiger partial charge in [-0.3, -0.25) is 14.4 Å². The van der Waals surface area contributed by atoms with Gasteiger partial charge in [0.1, 0.15) is 34.5 Å². The molecule has 0 saturated carbocycles. The fourth-order valence-electron chi connectivity index (χ4n) is 6.23. The van der Waals surface area contributed by atoms with Gasteiger partial charge in [0.2, 0.25) is 0 Å². The van der Waals surface area contributed by atoms with Gasteiger partial charge in [-0.05, 0) is 109 Å². The van der Waals surface area contributed by atoms with E-state index >= 15 is 0 Å². The number of phenolic OH excluding ortho intramolecular Hbond substituents is 1. The number of carboxylic acids is 1. The van der Waals surface area contributed by atoms with Crippen molar-refractivity contribution in [1.82, 2.24) is 0 Å². The van der Waals surface area contributed by atoms with E-state index in [9.17, 15) is 19.5 Å². The van der Waals surface area contributed by atoms with Crippen LogP contribution in [0.4, 0.5) is 0 Å². The Kier molecular flexibility index (Phi) is 19.5. The SMILES string of the molecule is CCOc1cc(CC(=O)O)cc(Oc2ccc(-c3ccccc3)s2)c1.CCOc1cc(CC(=O)OC)cc(Oc2ccc(-c3ccccc3)s2)c1.CCOc1cc(O)cc(CC(=O)OC)c1. The molecule has 2 heterocycles. The van der Waals surface area contributed by atoms with Crippen LogP contribution in [0.25, 0.3) is 20.9 Å². The molecule has 2 N–H and O–H groups in total. The molecule has 0 aliphatic heterocycles. The average Bonchev–Trinajstić information content (AvgIpc) is 3.97. The number of hydrogen-bond acceptors (Lipinski definition) is 13. The monoisotopic (exact) mass is 932 g/mol. The predicted molar refractivity (Wildman–Crippen MR) is 257 cm³/mol. The van der Waals surface area contributed by atoms with Crippen LogP contribution in [0, 0.1) is 0 Å². The normalized spacial score (nSPS) is 10.3. The molecule has 0 unspecified atom stereocenters. The summed E-state index contributed by atoms with van der Waals surface area (Å²) in [5, 5.41) is 19.9. The molecule has 7 aromatic rings. The maximum atomic E-state index is 11.6. The highest BCUT2D eigenvalue weighted by atomic mass is 32.1. The van der Waals surface area contributed by atoms with Crippen LogP contribution < -0.4 is 23.7 Å². The zero-order chi connectivity index (χ0) is 47.3. The van der Waals surface area contributed by atoms with Crippen molar-refractivity contribution in [1.29, 1.82) is 0 Å². The molecular formula is C52H52O12S2. The molecule has 0 amide bonds. The van der Waals surface area contributed by atoms with Crippen molar-refractivity contribution in [2.75, 3.05) is 34.0 Å². The fourth-order valence-corrected chi connectivity index (χ4v) is 7.99. The first-order chi connectivity index (χ1) is 32.0. The van der Waals surface area contributed by atoms with Gasteiger partial charge in [-0.25, -0.2) is 0 Å². The predicted octanol–water partition coefficient (Wildman–Crippen LogP) is 12.1. The van der Waals surface area contributed by atoms with Gasteiger partial charge < -0.3 is 43.4 Å². The summed E-state index contributed by atoms with van der Waals surface area (Å²) in [4.78, 5) is 35.8. The number of carboxylic acid groups (broad SMARTS) is 1. The Morgan fingerprint density at radius 1 is 0.470 bits per heavy atom. The molecule has 0 spiro atoms. The lowest BCUT2D eigenvalue weighted by Gasteiger charge is -2.10. The number of carbonyl (C=O) groups excluding carboxylic acids is 2. The lowest BCUT2D eigenvalue weighted by atomic mass is 10.1. The third-order valence-corrected chi connectivity index (χ3v) is 11.0. The number of esters is 2. The highest BCUT2D eigenvalue weighted by molar-refractivity contribution is 7.17. The number of aliphatic carboxylic acids is 1. The number of phenols is 1. The van der Waals surface area contributed by atoms with Gasteiger partial charge in [0.15, 0.2) is 10.1 Å². The van der Waals surface area contributed by atoms with Crippen molar-refractivity contribution in [3.05, 3.63) is 156 Å². The summed E-state index contributed by atoms with van der Waals surface area (Å²) in [6, 6.07) is 43.6. The van der Waals surface area contributed by atoms with Crippen molar-refractivity contribution in [2.45, 2.75) is 40.0 Å². The van der Waals surface area contributed by atoms with Gasteiger partial charge >= 0.3 is 17.9 Å². The van der Waals surface area contributed by atoms with Crippen molar-refractivity contribution in [3.63, 3.8) is 0 Å². The van der Waals surface area contributed by atoms with E-state index in [4.69, 9.17) is 33.5 Å². The maximum absolute atomic E-state index is 11.6. The molecule has 12 nitrogen and oxygen atoms in total. The number of rotatable bonds is 18. The minimum atomic E-state index is -0.887. The Morgan fingerprint density at radius 2 is 0.848 bits per heavy atom. The number of ether oxygens (including phenoxy) is 7. The van der Waals surface area contributed by atoms with E-state index in [-0.39, 0.29) is 37.0 Å². The summed E-state index contributed by atoms with van der Waals surface area (Å²) in [6.45, 7) is 7.21. The summed E-state index contributed by atoms with van der Waals surface area (Å²) >= 11 is 3.11. The maximum Gasteiger partial charge on any atom is 0.309 e. The van der Waals surface area contributed by atoms with Crippen molar-refractivity contribution in [2.24, 2.45) is 0 Å². The molecule has 0 aliphatic rings. The topological polar surface area (TPSA) is 156 Å². The number of benzene rings is 5. The first-order valence-electron chi connectivity index (χ1n) is 21.0. The van der Waals surface area contributed by atoms with E-state index in [1.165, 1.54) is 26.4 Å². The van der Waals surface area contributed by atoms with Gasteiger partial charge in [0, 0.05) is 28.0 Å². The molecule has 14 heteroatoms. The van der Waals surface area contributed by atoms with Crippen LogP contribution in [-0.2, 0) is 43.1 Å². The number of thiophene rings is 2. The van der Waals surface area contributed by atoms with E-state index in [0.29, 0.717) is 59.7 Å². The largest absolute Gasteiger partial charge is 0.508 e. The van der Waals surface area contributed by atoms with Crippen LogP contribution >= 0.6 is 22.7 Å². The van der Waals surface area contributed by atoms with Crippen molar-refractivity contribution in [3.8, 4) is 65.5 Å². The third-order valence-electron chi connectivity index (χ3n) is 8.99. The standard InChI is InChI=1S/C21H20O4S.C20H18O4S.C11H14O4/c1-3-24-17-11-15(13-20(22)23-2)12-18(14-17)25-21-10-9-19(26-21)16-7-5-4-6-8-16;1-2-23-16-10-14(12-19(21)22)11-17(13-16)24-20-9-8-18(25-20)15-6-4-3-5-7-15;1-3-15-10-5-8(4-9(12)7-10)6-11(13)14-2/h4-12,14H,3,13H2,1-2H3;3-11,13H,2,12H2,1H3,(H,21,22);4-5,7,12H,3,6H2,1-2H3. The Balaban J connectivity index is 0.000000193. The lowest BCUT2D eigenvalue weighted by molar-refractivity contribution is -0.140. The highest BCUT2D eigenvalue weighted by Crippen LogP contribution is 2.38. The van der Waals surface area contributed by atoms with Crippen molar-refractivity contribution < 1.29 is 57.8 Å². The summed E-state index contributed by atoms with van der Waals surface area (Å²) in [6.07, 6.45) is 0.232. The Labute approximate surface area is 392 Å². The third kappa shape index (κ3) is 16.4. The van der Waals surface area contributed by atoms with Crippen LogP contribution in [0.1, 0.15) is 37.5 Å². The Hall–Kier alpha value is -7.29. The van der Waals surface area contributed by atoms with E-state index in [0.717, 1.165) is 36.6 Å². The lowest BCUT2D eigenvalue weighted by Crippen LogP contribution is -2.05. The van der Waals surface area contributed by atoms with Gasteiger partial charge in [0.25, 0.3) is 0 Å².